The van der Waals surface area contributed by atoms with Crippen LogP contribution >= 0.6 is 11.6 Å². The molecule has 0 bridgehead atoms. The van der Waals surface area contributed by atoms with Gasteiger partial charge < -0.3 is 9.47 Å². The minimum atomic E-state index is -0.425. The van der Waals surface area contributed by atoms with Gasteiger partial charge >= 0.3 is 0 Å². The van der Waals surface area contributed by atoms with Gasteiger partial charge in [-0.3, -0.25) is 10.8 Å². The molecule has 0 aliphatic rings. The Morgan fingerprint density at radius 2 is 1.95 bits per heavy atom. The second kappa shape index (κ2) is 6.51. The van der Waals surface area contributed by atoms with E-state index in [-0.39, 0.29) is 0 Å². The van der Waals surface area contributed by atoms with Crippen LogP contribution in [0.5, 0.6) is 11.6 Å². The molecule has 0 saturated heterocycles. The van der Waals surface area contributed by atoms with Crippen LogP contribution in [0.4, 0.5) is 0 Å². The summed E-state index contributed by atoms with van der Waals surface area (Å²) >= 11 is 5.96. The van der Waals surface area contributed by atoms with Crippen molar-refractivity contribution in [3.05, 3.63) is 46.9 Å². The summed E-state index contributed by atoms with van der Waals surface area (Å²) in [5.41, 5.74) is 4.06. The highest BCUT2D eigenvalue weighted by atomic mass is 35.5. The van der Waals surface area contributed by atoms with Crippen molar-refractivity contribution in [3.63, 3.8) is 0 Å². The highest BCUT2D eigenvalue weighted by molar-refractivity contribution is 6.30. The maximum Gasteiger partial charge on any atom is 0.237 e. The monoisotopic (exact) mass is 294 g/mol. The van der Waals surface area contributed by atoms with Crippen LogP contribution < -0.4 is 20.7 Å². The summed E-state index contributed by atoms with van der Waals surface area (Å²) in [5.74, 6) is 6.66. The molecule has 1 aromatic carbocycles. The SMILES string of the molecule is COc1cc(Cl)ccc1C(NN)c1nccnc1OC. The lowest BCUT2D eigenvalue weighted by Gasteiger charge is -2.19. The number of ether oxygens (including phenoxy) is 2. The first-order valence-electron chi connectivity index (χ1n) is 5.85. The van der Waals surface area contributed by atoms with Crippen LogP contribution in [0.25, 0.3) is 0 Å². The lowest BCUT2D eigenvalue weighted by Crippen LogP contribution is -2.30. The summed E-state index contributed by atoms with van der Waals surface area (Å²) in [6, 6.07) is 4.86. The molecule has 0 aliphatic carbocycles. The van der Waals surface area contributed by atoms with Crippen LogP contribution in [0.3, 0.4) is 0 Å². The first-order chi connectivity index (χ1) is 9.71. The molecule has 1 unspecified atom stereocenters. The number of rotatable bonds is 5. The van der Waals surface area contributed by atoms with Gasteiger partial charge in [-0.1, -0.05) is 17.7 Å². The largest absolute Gasteiger partial charge is 0.496 e. The van der Waals surface area contributed by atoms with Crippen molar-refractivity contribution in [1.82, 2.24) is 15.4 Å². The third-order valence-electron chi connectivity index (χ3n) is 2.83. The summed E-state index contributed by atoms with van der Waals surface area (Å²) in [4.78, 5) is 8.39. The van der Waals surface area contributed by atoms with E-state index in [1.807, 2.05) is 6.07 Å². The fraction of sp³-hybridized carbons (Fsp3) is 0.231. The zero-order valence-corrected chi connectivity index (χ0v) is 11.9. The summed E-state index contributed by atoms with van der Waals surface area (Å²) in [6.07, 6.45) is 3.12. The van der Waals surface area contributed by atoms with E-state index in [1.54, 1.807) is 31.6 Å². The molecule has 6 nitrogen and oxygen atoms in total. The number of halogens is 1. The van der Waals surface area contributed by atoms with Crippen LogP contribution in [0.2, 0.25) is 5.02 Å². The summed E-state index contributed by atoms with van der Waals surface area (Å²) in [6.45, 7) is 0. The first-order valence-corrected chi connectivity index (χ1v) is 6.23. The van der Waals surface area contributed by atoms with Gasteiger partial charge in [-0.15, -0.1) is 0 Å². The van der Waals surface area contributed by atoms with E-state index in [0.29, 0.717) is 22.3 Å². The highest BCUT2D eigenvalue weighted by Gasteiger charge is 2.22. The standard InChI is InChI=1S/C13H15ClN4O2/c1-19-10-7-8(14)3-4-9(10)11(18-15)12-13(20-2)17-6-5-16-12/h3-7,11,18H,15H2,1-2H3. The van der Waals surface area contributed by atoms with Crippen LogP contribution in [0, 0.1) is 0 Å². The molecule has 0 amide bonds. The van der Waals surface area contributed by atoms with Gasteiger partial charge in [-0.25, -0.2) is 10.4 Å². The van der Waals surface area contributed by atoms with Crippen molar-refractivity contribution >= 4 is 11.6 Å². The van der Waals surface area contributed by atoms with Gasteiger partial charge in [0.2, 0.25) is 5.88 Å². The number of nitrogens with two attached hydrogens (primary N) is 1. The highest BCUT2D eigenvalue weighted by Crippen LogP contribution is 2.33. The van der Waals surface area contributed by atoms with E-state index in [1.165, 1.54) is 7.11 Å². The molecule has 0 spiro atoms. The molecule has 7 heteroatoms. The molecule has 2 aromatic rings. The van der Waals surface area contributed by atoms with Gasteiger partial charge in [0.05, 0.1) is 20.3 Å². The summed E-state index contributed by atoms with van der Waals surface area (Å²) in [5, 5.41) is 0.576. The lowest BCUT2D eigenvalue weighted by atomic mass is 10.0. The minimum Gasteiger partial charge on any atom is -0.496 e. The smallest absolute Gasteiger partial charge is 0.237 e. The molecule has 1 aromatic heterocycles. The van der Waals surface area contributed by atoms with Gasteiger partial charge in [0.25, 0.3) is 0 Å². The average Bonchev–Trinajstić information content (AvgIpc) is 2.49. The van der Waals surface area contributed by atoms with Gasteiger partial charge in [0.15, 0.2) is 0 Å². The van der Waals surface area contributed by atoms with Crippen LogP contribution in [0.1, 0.15) is 17.3 Å². The molecular formula is C13H15ClN4O2. The number of hydrazine groups is 1. The van der Waals surface area contributed by atoms with Crippen molar-refractivity contribution in [1.29, 1.82) is 0 Å². The van der Waals surface area contributed by atoms with Gasteiger partial charge in [-0.05, 0) is 12.1 Å². The quantitative estimate of drug-likeness (QED) is 0.645. The third kappa shape index (κ3) is 2.82. The van der Waals surface area contributed by atoms with E-state index in [0.717, 1.165) is 5.56 Å². The molecule has 1 atom stereocenters. The number of benzene rings is 1. The summed E-state index contributed by atoms with van der Waals surface area (Å²) < 4.78 is 10.5. The first kappa shape index (κ1) is 14.5. The maximum absolute atomic E-state index is 5.96. The number of hydrogen-bond acceptors (Lipinski definition) is 6. The predicted octanol–water partition coefficient (Wildman–Crippen LogP) is 1.70. The van der Waals surface area contributed by atoms with E-state index in [4.69, 9.17) is 26.9 Å². The van der Waals surface area contributed by atoms with Gasteiger partial charge in [-0.2, -0.15) is 0 Å². The molecule has 2 rings (SSSR count). The van der Waals surface area contributed by atoms with Crippen LogP contribution in [0.15, 0.2) is 30.6 Å². The number of aromatic nitrogens is 2. The van der Waals surface area contributed by atoms with Crippen molar-refractivity contribution < 1.29 is 9.47 Å². The molecule has 3 N–H and O–H groups in total. The number of methoxy groups -OCH3 is 2. The Kier molecular flexibility index (Phi) is 4.73. The Hall–Kier alpha value is -1.89. The van der Waals surface area contributed by atoms with E-state index < -0.39 is 6.04 Å². The molecular weight excluding hydrogens is 280 g/mol. The number of hydrogen-bond donors (Lipinski definition) is 2. The second-order valence-electron chi connectivity index (χ2n) is 3.94. The Morgan fingerprint density at radius 3 is 2.60 bits per heavy atom. The molecule has 0 radical (unpaired) electrons. The van der Waals surface area contributed by atoms with Gasteiger partial charge in [0, 0.05) is 23.0 Å². The van der Waals surface area contributed by atoms with Crippen molar-refractivity contribution in [2.75, 3.05) is 14.2 Å². The molecule has 0 saturated carbocycles. The Morgan fingerprint density at radius 1 is 1.20 bits per heavy atom. The molecule has 106 valence electrons. The van der Waals surface area contributed by atoms with Crippen molar-refractivity contribution in [3.8, 4) is 11.6 Å². The van der Waals surface area contributed by atoms with Gasteiger partial charge in [0.1, 0.15) is 11.4 Å². The normalized spacial score (nSPS) is 12.0. The zero-order valence-electron chi connectivity index (χ0n) is 11.1. The lowest BCUT2D eigenvalue weighted by molar-refractivity contribution is 0.378. The minimum absolute atomic E-state index is 0.396. The topological polar surface area (TPSA) is 82.3 Å². The van der Waals surface area contributed by atoms with Crippen LogP contribution in [-0.2, 0) is 0 Å². The Balaban J connectivity index is 2.52. The van der Waals surface area contributed by atoms with Crippen molar-refractivity contribution in [2.45, 2.75) is 6.04 Å². The zero-order chi connectivity index (χ0) is 14.5. The van der Waals surface area contributed by atoms with Crippen LogP contribution in [-0.4, -0.2) is 24.2 Å². The second-order valence-corrected chi connectivity index (χ2v) is 4.37. The molecule has 0 aliphatic heterocycles. The third-order valence-corrected chi connectivity index (χ3v) is 3.07. The fourth-order valence-electron chi connectivity index (χ4n) is 1.93. The average molecular weight is 295 g/mol. The van der Waals surface area contributed by atoms with E-state index in [2.05, 4.69) is 15.4 Å². The van der Waals surface area contributed by atoms with Crippen molar-refractivity contribution in [2.24, 2.45) is 5.84 Å². The predicted molar refractivity (Wildman–Crippen MR) is 75.8 cm³/mol. The number of nitrogens with one attached hydrogen (secondary N) is 1. The van der Waals surface area contributed by atoms with E-state index in [9.17, 15) is 0 Å². The maximum atomic E-state index is 5.96. The summed E-state index contributed by atoms with van der Waals surface area (Å²) in [7, 11) is 3.09. The molecule has 20 heavy (non-hydrogen) atoms. The van der Waals surface area contributed by atoms with E-state index >= 15 is 0 Å². The molecule has 1 heterocycles. The molecule has 0 fully saturated rings. The number of nitrogens with zero attached hydrogens (tertiary/aromatic N) is 2. The Bertz CT molecular complexity index is 594. The Labute approximate surface area is 121 Å². The fourth-order valence-corrected chi connectivity index (χ4v) is 2.09.